The van der Waals surface area contributed by atoms with E-state index in [0.29, 0.717) is 35.4 Å². The average Bonchev–Trinajstić information content (AvgIpc) is 3.54. The van der Waals surface area contributed by atoms with Crippen LogP contribution in [0.4, 0.5) is 26.0 Å². The van der Waals surface area contributed by atoms with Crippen LogP contribution in [0.3, 0.4) is 0 Å². The van der Waals surface area contributed by atoms with E-state index in [1.54, 1.807) is 12.3 Å². The number of pyridine rings is 1. The van der Waals surface area contributed by atoms with Gasteiger partial charge in [0.05, 0.1) is 11.9 Å². The van der Waals surface area contributed by atoms with Gasteiger partial charge in [0, 0.05) is 61.6 Å². The molecule has 0 spiro atoms. The summed E-state index contributed by atoms with van der Waals surface area (Å²) >= 11 is 0.0720. The van der Waals surface area contributed by atoms with Crippen molar-refractivity contribution in [3.63, 3.8) is 0 Å². The molecular formula is C35H42F2N8O3S. The number of piperazine rings is 1. The van der Waals surface area contributed by atoms with E-state index in [2.05, 4.69) is 43.9 Å². The van der Waals surface area contributed by atoms with Crippen molar-refractivity contribution in [2.45, 2.75) is 31.6 Å². The predicted molar refractivity (Wildman–Crippen MR) is 195 cm³/mol. The van der Waals surface area contributed by atoms with Crippen LogP contribution in [-0.2, 0) is 4.79 Å². The number of aldehydes is 1. The van der Waals surface area contributed by atoms with Gasteiger partial charge in [0.15, 0.2) is 11.7 Å². The van der Waals surface area contributed by atoms with Gasteiger partial charge in [-0.25, -0.2) is 18.7 Å². The fourth-order valence-corrected chi connectivity index (χ4v) is 4.75. The van der Waals surface area contributed by atoms with Crippen LogP contribution in [-0.4, -0.2) is 78.5 Å². The summed E-state index contributed by atoms with van der Waals surface area (Å²) in [5.74, 6) is 0.815. The molecule has 0 atom stereocenters. The van der Waals surface area contributed by atoms with Gasteiger partial charge < -0.3 is 34.6 Å². The molecule has 0 bridgehead atoms. The summed E-state index contributed by atoms with van der Waals surface area (Å²) in [6.45, 7) is 13.7. The van der Waals surface area contributed by atoms with Gasteiger partial charge in [-0.05, 0) is 63.2 Å². The molecule has 0 saturated carbocycles. The van der Waals surface area contributed by atoms with E-state index in [1.807, 2.05) is 56.4 Å². The normalized spacial score (nSPS) is 13.4. The summed E-state index contributed by atoms with van der Waals surface area (Å²) in [6.07, 6.45) is 6.04. The van der Waals surface area contributed by atoms with Crippen molar-refractivity contribution in [3.8, 4) is 11.3 Å². The number of allylic oxidation sites excluding steroid dienone is 1. The van der Waals surface area contributed by atoms with Gasteiger partial charge in [-0.3, -0.25) is 9.98 Å². The van der Waals surface area contributed by atoms with E-state index in [9.17, 15) is 8.78 Å². The van der Waals surface area contributed by atoms with Crippen LogP contribution in [0, 0.1) is 11.6 Å². The Labute approximate surface area is 289 Å². The van der Waals surface area contributed by atoms with Crippen LogP contribution in [0.25, 0.3) is 17.0 Å². The van der Waals surface area contributed by atoms with Gasteiger partial charge in [0.25, 0.3) is 0 Å². The molecule has 0 unspecified atom stereocenters. The lowest BCUT2D eigenvalue weighted by Crippen LogP contribution is -2.44. The van der Waals surface area contributed by atoms with Crippen LogP contribution in [0.15, 0.2) is 86.2 Å². The van der Waals surface area contributed by atoms with Crippen molar-refractivity contribution in [1.82, 2.24) is 14.9 Å². The number of nitrogens with zero attached hydrogens (tertiary/aromatic N) is 6. The summed E-state index contributed by atoms with van der Waals surface area (Å²) in [5.41, 5.74) is 9.65. The fraction of sp³-hybridized carbons (Fsp3) is 0.286. The van der Waals surface area contributed by atoms with Gasteiger partial charge in [0.1, 0.15) is 46.7 Å². The van der Waals surface area contributed by atoms with Crippen molar-refractivity contribution in [2.24, 2.45) is 9.98 Å². The number of carbonyl (C=O) groups excluding carboxylic acids is 1. The van der Waals surface area contributed by atoms with Crippen molar-refractivity contribution in [2.75, 3.05) is 55.8 Å². The maximum atomic E-state index is 12.4. The fourth-order valence-electron chi connectivity index (χ4n) is 4.43. The molecule has 11 nitrogen and oxygen atoms in total. The second-order valence-corrected chi connectivity index (χ2v) is 11.6. The van der Waals surface area contributed by atoms with Gasteiger partial charge in [0.2, 0.25) is 0 Å². The Morgan fingerprint density at radius 3 is 2.37 bits per heavy atom. The second kappa shape index (κ2) is 19.8. The highest BCUT2D eigenvalue weighted by molar-refractivity contribution is 7.93. The number of nitrogens with two attached hydrogens (primary N) is 1. The number of likely N-dealkylation sites (N-methyl/N-ethyl adjacent to an activating group) is 1. The summed E-state index contributed by atoms with van der Waals surface area (Å²) in [4.78, 5) is 31.0. The number of rotatable bonds is 10. The molecule has 0 radical (unpaired) electrons. The number of anilines is 3. The van der Waals surface area contributed by atoms with Crippen LogP contribution in [0.5, 0.6) is 0 Å². The first-order valence-corrected chi connectivity index (χ1v) is 16.2. The molecule has 0 aliphatic carbocycles. The van der Waals surface area contributed by atoms with Crippen LogP contribution >= 0.6 is 12.0 Å². The number of aliphatic imine (C=N–C) groups is 2. The van der Waals surface area contributed by atoms with Crippen molar-refractivity contribution < 1.29 is 22.5 Å². The molecule has 1 saturated heterocycles. The molecule has 5 rings (SSSR count). The third-order valence-electron chi connectivity index (χ3n) is 7.00. The quantitative estimate of drug-likeness (QED) is 0.0680. The summed E-state index contributed by atoms with van der Waals surface area (Å²) in [7, 11) is 2.15. The minimum absolute atomic E-state index is 0.0720. The van der Waals surface area contributed by atoms with Gasteiger partial charge in [-0.1, -0.05) is 32.0 Å². The number of halogens is 2. The maximum Gasteiger partial charge on any atom is 0.198 e. The number of oxazole rings is 1. The van der Waals surface area contributed by atoms with E-state index in [4.69, 9.17) is 24.5 Å². The first kappa shape index (κ1) is 38.5. The lowest BCUT2D eigenvalue weighted by atomic mass is 10.1. The number of nitrogen functional groups attached to an aromatic ring is 1. The van der Waals surface area contributed by atoms with Crippen molar-refractivity contribution in [1.29, 1.82) is 0 Å². The molecule has 3 heterocycles. The molecule has 14 heteroatoms. The zero-order chi connectivity index (χ0) is 35.8. The Morgan fingerprint density at radius 2 is 1.82 bits per heavy atom. The minimum Gasteiger partial charge on any atom is -0.438 e. The highest BCUT2D eigenvalue weighted by Gasteiger charge is 2.20. The van der Waals surface area contributed by atoms with E-state index >= 15 is 0 Å². The second-order valence-electron chi connectivity index (χ2n) is 11.0. The first-order valence-electron chi connectivity index (χ1n) is 15.4. The average molecular weight is 693 g/mol. The van der Waals surface area contributed by atoms with Crippen LogP contribution in [0.1, 0.15) is 38.3 Å². The number of aromatic nitrogens is 2. The third kappa shape index (κ3) is 11.6. The molecule has 1 aliphatic rings. The largest absolute Gasteiger partial charge is 0.438 e. The molecule has 4 N–H and O–H groups in total. The molecule has 260 valence electrons. The molecule has 1 fully saturated rings. The van der Waals surface area contributed by atoms with E-state index in [0.717, 1.165) is 61.7 Å². The molecule has 49 heavy (non-hydrogen) atoms. The molecule has 2 aromatic heterocycles. The van der Waals surface area contributed by atoms with Crippen molar-refractivity contribution in [3.05, 3.63) is 90.2 Å². The predicted octanol–water partition coefficient (Wildman–Crippen LogP) is 7.11. The molecular weight excluding hydrogens is 651 g/mol. The number of nitrogens with one attached hydrogen (secondary N) is 1. The molecule has 1 aliphatic heterocycles. The van der Waals surface area contributed by atoms with Gasteiger partial charge in [-0.2, -0.15) is 0 Å². The lowest BCUT2D eigenvalue weighted by Gasteiger charge is -2.33. The van der Waals surface area contributed by atoms with Crippen LogP contribution < -0.4 is 16.0 Å². The summed E-state index contributed by atoms with van der Waals surface area (Å²) in [5, 5.41) is 3.26. The van der Waals surface area contributed by atoms with E-state index in [-0.39, 0.29) is 22.9 Å². The highest BCUT2D eigenvalue weighted by Crippen LogP contribution is 2.33. The Hall–Kier alpha value is -4.92. The molecule has 0 amide bonds. The monoisotopic (exact) mass is 692 g/mol. The zero-order valence-electron chi connectivity index (χ0n) is 28.0. The maximum absolute atomic E-state index is 12.4. The highest BCUT2D eigenvalue weighted by atomic mass is 32.2. The van der Waals surface area contributed by atoms with Gasteiger partial charge >= 0.3 is 0 Å². The Kier molecular flexibility index (Phi) is 15.6. The Morgan fingerprint density at radius 1 is 1.14 bits per heavy atom. The smallest absolute Gasteiger partial charge is 0.198 e. The zero-order valence-corrected chi connectivity index (χ0v) is 28.8. The summed E-state index contributed by atoms with van der Waals surface area (Å²) < 4.78 is 39.3. The van der Waals surface area contributed by atoms with E-state index < -0.39 is 11.6 Å². The molecule has 2 aromatic carbocycles. The SMILES string of the molecule is C=N/C(=C\C=N/CNc1ccc(N2CCN(C)CC2)nc1)c1oc(C(C)C)nc1-c1cccc(N)c1.CC=O.OSc1c(F)cccc1F. The van der Waals surface area contributed by atoms with Crippen LogP contribution in [0.2, 0.25) is 0 Å². The number of carbonyl (C=O) groups is 1. The Balaban J connectivity index is 0.000000421. The standard InChI is InChI=1S/C27H34N8O.C6H4F2OS.C2H4O/c1-19(2)27-33-25(20-6-5-7-21(28)16-20)26(36-27)23(29-3)10-11-30-18-32-22-8-9-24(31-17-22)35-14-12-34(4)13-15-35;7-4-2-1-3-5(8)6(4)10-9;1-2-3/h5-11,16-17,19,32H,3,12-15,18,28H2,1-2,4H3;1-3,9H;2H,1H3/b23-10-,30-11-;;. The van der Waals surface area contributed by atoms with E-state index in [1.165, 1.54) is 13.0 Å². The number of hydrogen-bond donors (Lipinski definition) is 3. The topological polar surface area (TPSA) is 145 Å². The number of hydrogen-bond acceptors (Lipinski definition) is 12. The number of benzene rings is 2. The van der Waals surface area contributed by atoms with Gasteiger partial charge in [-0.15, -0.1) is 0 Å². The lowest BCUT2D eigenvalue weighted by molar-refractivity contribution is -0.106. The third-order valence-corrected chi connectivity index (χ3v) is 7.57. The summed E-state index contributed by atoms with van der Waals surface area (Å²) in [6, 6.07) is 15.0. The first-order chi connectivity index (χ1) is 23.6. The minimum atomic E-state index is -0.743. The molecule has 4 aromatic rings. The van der Waals surface area contributed by atoms with Crippen molar-refractivity contribution >= 4 is 54.2 Å². The Bertz CT molecular complexity index is 1690.